The van der Waals surface area contributed by atoms with Crippen molar-refractivity contribution >= 4 is 11.9 Å². The number of rotatable bonds is 3. The van der Waals surface area contributed by atoms with Gasteiger partial charge in [0.1, 0.15) is 6.26 Å². The van der Waals surface area contributed by atoms with E-state index < -0.39 is 5.97 Å². The Morgan fingerprint density at radius 2 is 2.26 bits per heavy atom. The summed E-state index contributed by atoms with van der Waals surface area (Å²) in [6, 6.07) is 1.25. The molecule has 1 aromatic rings. The van der Waals surface area contributed by atoms with Crippen LogP contribution in [0.3, 0.4) is 0 Å². The number of carboxylic acid groups (broad SMARTS) is 1. The van der Waals surface area contributed by atoms with Crippen molar-refractivity contribution in [3.63, 3.8) is 0 Å². The standard InChI is InChI=1S/C13H17NO5/c1-3-13(2)8-14(4-5-19-13)11(15)10-6-9(7-18-10)12(16)17/h6-7H,3-5,8H2,1-2H3,(H,16,17). The molecule has 1 atom stereocenters. The summed E-state index contributed by atoms with van der Waals surface area (Å²) in [4.78, 5) is 24.6. The monoisotopic (exact) mass is 267 g/mol. The zero-order chi connectivity index (χ0) is 14.0. The van der Waals surface area contributed by atoms with Crippen LogP contribution in [0, 0.1) is 0 Å². The maximum absolute atomic E-state index is 12.2. The molecule has 1 fully saturated rings. The second-order valence-electron chi connectivity index (χ2n) is 4.88. The highest BCUT2D eigenvalue weighted by Gasteiger charge is 2.34. The Hall–Kier alpha value is -1.82. The molecule has 1 amide bonds. The van der Waals surface area contributed by atoms with Gasteiger partial charge in [0.25, 0.3) is 5.91 Å². The van der Waals surface area contributed by atoms with E-state index in [1.54, 1.807) is 4.90 Å². The van der Waals surface area contributed by atoms with Crippen LogP contribution in [0.25, 0.3) is 0 Å². The lowest BCUT2D eigenvalue weighted by atomic mass is 10.0. The molecule has 1 saturated heterocycles. The van der Waals surface area contributed by atoms with E-state index in [-0.39, 0.29) is 22.8 Å². The molecule has 1 aliphatic heterocycles. The van der Waals surface area contributed by atoms with Crippen LogP contribution in [-0.2, 0) is 4.74 Å². The molecule has 1 N–H and O–H groups in total. The molecule has 1 unspecified atom stereocenters. The molecule has 0 aliphatic carbocycles. The number of carboxylic acids is 1. The van der Waals surface area contributed by atoms with Crippen LogP contribution < -0.4 is 0 Å². The average molecular weight is 267 g/mol. The van der Waals surface area contributed by atoms with Crippen molar-refractivity contribution < 1.29 is 23.8 Å². The van der Waals surface area contributed by atoms with Crippen LogP contribution >= 0.6 is 0 Å². The van der Waals surface area contributed by atoms with E-state index in [0.29, 0.717) is 19.7 Å². The van der Waals surface area contributed by atoms with Crippen molar-refractivity contribution in [1.82, 2.24) is 4.90 Å². The Bertz CT molecular complexity index is 495. The molecule has 1 aromatic heterocycles. The molecule has 104 valence electrons. The van der Waals surface area contributed by atoms with Gasteiger partial charge in [-0.2, -0.15) is 0 Å². The van der Waals surface area contributed by atoms with Crippen molar-refractivity contribution in [2.75, 3.05) is 19.7 Å². The predicted octanol–water partition coefficient (Wildman–Crippen LogP) is 1.62. The van der Waals surface area contributed by atoms with Gasteiger partial charge in [0.05, 0.1) is 17.8 Å². The SMILES string of the molecule is CCC1(C)CN(C(=O)c2cc(C(=O)O)co2)CCO1. The molecule has 0 bridgehead atoms. The number of furan rings is 1. The lowest BCUT2D eigenvalue weighted by Gasteiger charge is -2.39. The van der Waals surface area contributed by atoms with Gasteiger partial charge in [-0.25, -0.2) is 4.79 Å². The number of nitrogens with zero attached hydrogens (tertiary/aromatic N) is 1. The van der Waals surface area contributed by atoms with E-state index in [4.69, 9.17) is 14.3 Å². The Kier molecular flexibility index (Phi) is 3.61. The molecular weight excluding hydrogens is 250 g/mol. The molecule has 6 nitrogen and oxygen atoms in total. The normalized spacial score (nSPS) is 23.4. The lowest BCUT2D eigenvalue weighted by Crippen LogP contribution is -2.51. The number of carbonyl (C=O) groups is 2. The van der Waals surface area contributed by atoms with Crippen molar-refractivity contribution in [3.05, 3.63) is 23.7 Å². The lowest BCUT2D eigenvalue weighted by molar-refractivity contribution is -0.0901. The van der Waals surface area contributed by atoms with E-state index in [1.807, 2.05) is 13.8 Å². The first kappa shape index (κ1) is 13.6. The van der Waals surface area contributed by atoms with Crippen molar-refractivity contribution in [3.8, 4) is 0 Å². The fourth-order valence-corrected chi connectivity index (χ4v) is 2.03. The highest BCUT2D eigenvalue weighted by atomic mass is 16.5. The van der Waals surface area contributed by atoms with Crippen LogP contribution in [0.15, 0.2) is 16.7 Å². The van der Waals surface area contributed by atoms with Gasteiger partial charge in [0.2, 0.25) is 0 Å². The molecule has 2 rings (SSSR count). The molecule has 2 heterocycles. The van der Waals surface area contributed by atoms with E-state index in [9.17, 15) is 9.59 Å². The Morgan fingerprint density at radius 1 is 1.53 bits per heavy atom. The highest BCUT2D eigenvalue weighted by molar-refractivity contribution is 5.95. The number of aromatic carboxylic acids is 1. The maximum atomic E-state index is 12.2. The van der Waals surface area contributed by atoms with Gasteiger partial charge < -0.3 is 19.2 Å². The predicted molar refractivity (Wildman–Crippen MR) is 66.2 cm³/mol. The first-order chi connectivity index (χ1) is 8.95. The second kappa shape index (κ2) is 5.05. The van der Waals surface area contributed by atoms with Crippen LogP contribution in [0.4, 0.5) is 0 Å². The molecule has 6 heteroatoms. The van der Waals surface area contributed by atoms with E-state index in [0.717, 1.165) is 12.7 Å². The molecular formula is C13H17NO5. The third-order valence-corrected chi connectivity index (χ3v) is 3.43. The van der Waals surface area contributed by atoms with E-state index >= 15 is 0 Å². The van der Waals surface area contributed by atoms with Crippen molar-refractivity contribution in [1.29, 1.82) is 0 Å². The zero-order valence-corrected chi connectivity index (χ0v) is 11.0. The third kappa shape index (κ3) is 2.78. The van der Waals surface area contributed by atoms with Crippen LogP contribution in [0.2, 0.25) is 0 Å². The molecule has 1 aliphatic rings. The summed E-state index contributed by atoms with van der Waals surface area (Å²) in [5.41, 5.74) is -0.370. The first-order valence-corrected chi connectivity index (χ1v) is 6.20. The topological polar surface area (TPSA) is 80.0 Å². The van der Waals surface area contributed by atoms with Gasteiger partial charge in [-0.15, -0.1) is 0 Å². The summed E-state index contributed by atoms with van der Waals surface area (Å²) >= 11 is 0. The number of ether oxygens (including phenoxy) is 1. The van der Waals surface area contributed by atoms with Gasteiger partial charge in [0.15, 0.2) is 5.76 Å². The molecule has 0 spiro atoms. The van der Waals surface area contributed by atoms with Crippen molar-refractivity contribution in [2.45, 2.75) is 25.9 Å². The maximum Gasteiger partial charge on any atom is 0.338 e. The summed E-state index contributed by atoms with van der Waals surface area (Å²) in [5, 5.41) is 8.81. The van der Waals surface area contributed by atoms with Gasteiger partial charge in [-0.3, -0.25) is 4.79 Å². The number of carbonyl (C=O) groups excluding carboxylic acids is 1. The number of hydrogen-bond acceptors (Lipinski definition) is 4. The van der Waals surface area contributed by atoms with Gasteiger partial charge in [-0.05, 0) is 13.3 Å². The van der Waals surface area contributed by atoms with Crippen molar-refractivity contribution in [2.24, 2.45) is 0 Å². The number of amides is 1. The Labute approximate surface area is 110 Å². The molecule has 0 saturated carbocycles. The third-order valence-electron chi connectivity index (χ3n) is 3.43. The Morgan fingerprint density at radius 3 is 2.84 bits per heavy atom. The van der Waals surface area contributed by atoms with Crippen LogP contribution in [0.5, 0.6) is 0 Å². The summed E-state index contributed by atoms with van der Waals surface area (Å²) in [6.07, 6.45) is 1.88. The van der Waals surface area contributed by atoms with E-state index in [1.165, 1.54) is 6.07 Å². The molecule has 19 heavy (non-hydrogen) atoms. The minimum absolute atomic E-state index is 0.0186. The first-order valence-electron chi connectivity index (χ1n) is 6.20. The average Bonchev–Trinajstić information content (AvgIpc) is 2.87. The smallest absolute Gasteiger partial charge is 0.338 e. The zero-order valence-electron chi connectivity index (χ0n) is 11.0. The van der Waals surface area contributed by atoms with Gasteiger partial charge >= 0.3 is 5.97 Å². The largest absolute Gasteiger partial charge is 0.478 e. The summed E-state index contributed by atoms with van der Waals surface area (Å²) < 4.78 is 10.7. The summed E-state index contributed by atoms with van der Waals surface area (Å²) in [6.45, 7) is 5.40. The van der Waals surface area contributed by atoms with Gasteiger partial charge in [-0.1, -0.05) is 6.92 Å². The van der Waals surface area contributed by atoms with Crippen LogP contribution in [0.1, 0.15) is 41.2 Å². The summed E-state index contributed by atoms with van der Waals surface area (Å²) in [5.74, 6) is -1.35. The minimum atomic E-state index is -1.11. The summed E-state index contributed by atoms with van der Waals surface area (Å²) in [7, 11) is 0. The fraction of sp³-hybridized carbons (Fsp3) is 0.538. The molecule has 0 radical (unpaired) electrons. The fourth-order valence-electron chi connectivity index (χ4n) is 2.03. The van der Waals surface area contributed by atoms with Crippen LogP contribution in [-0.4, -0.2) is 47.2 Å². The second-order valence-corrected chi connectivity index (χ2v) is 4.88. The highest BCUT2D eigenvalue weighted by Crippen LogP contribution is 2.22. The van der Waals surface area contributed by atoms with Gasteiger partial charge in [0, 0.05) is 19.2 Å². The molecule has 0 aromatic carbocycles. The number of hydrogen-bond donors (Lipinski definition) is 1. The van der Waals surface area contributed by atoms with E-state index in [2.05, 4.69) is 0 Å². The Balaban J connectivity index is 2.12. The number of morpholine rings is 1. The minimum Gasteiger partial charge on any atom is -0.478 e. The quantitative estimate of drug-likeness (QED) is 0.900.